The van der Waals surface area contributed by atoms with E-state index in [0.29, 0.717) is 5.75 Å². The van der Waals surface area contributed by atoms with Crippen molar-refractivity contribution >= 4 is 17.7 Å². The SMILES string of the molecule is CC[C@@H](NC(=O)CSCc1ccc(C)cc1)c1ccc2c(c1)CCCC2. The molecule has 1 N–H and O–H groups in total. The van der Waals surface area contributed by atoms with Gasteiger partial charge in [0.15, 0.2) is 0 Å². The van der Waals surface area contributed by atoms with Gasteiger partial charge in [-0.1, -0.05) is 55.0 Å². The van der Waals surface area contributed by atoms with Crippen LogP contribution in [0.15, 0.2) is 42.5 Å². The number of benzene rings is 2. The van der Waals surface area contributed by atoms with Gasteiger partial charge in [0.05, 0.1) is 11.8 Å². The largest absolute Gasteiger partial charge is 0.349 e. The van der Waals surface area contributed by atoms with Gasteiger partial charge in [-0.3, -0.25) is 4.79 Å². The van der Waals surface area contributed by atoms with Crippen molar-refractivity contribution in [1.82, 2.24) is 5.32 Å². The normalized spacial score (nSPS) is 14.5. The molecule has 3 heteroatoms. The van der Waals surface area contributed by atoms with Crippen molar-refractivity contribution in [2.75, 3.05) is 5.75 Å². The van der Waals surface area contributed by atoms with Crippen LogP contribution in [0.2, 0.25) is 0 Å². The fourth-order valence-corrected chi connectivity index (χ4v) is 4.37. The van der Waals surface area contributed by atoms with E-state index in [4.69, 9.17) is 0 Å². The molecule has 0 spiro atoms. The second kappa shape index (κ2) is 9.27. The van der Waals surface area contributed by atoms with Crippen LogP contribution >= 0.6 is 11.8 Å². The van der Waals surface area contributed by atoms with E-state index in [1.54, 1.807) is 11.8 Å². The van der Waals surface area contributed by atoms with E-state index < -0.39 is 0 Å². The average molecular weight is 368 g/mol. The lowest BCUT2D eigenvalue weighted by Gasteiger charge is -2.21. The highest BCUT2D eigenvalue weighted by Crippen LogP contribution is 2.26. The zero-order chi connectivity index (χ0) is 18.4. The maximum absolute atomic E-state index is 12.4. The number of thioether (sulfide) groups is 1. The Morgan fingerprint density at radius 2 is 1.81 bits per heavy atom. The molecule has 26 heavy (non-hydrogen) atoms. The van der Waals surface area contributed by atoms with E-state index >= 15 is 0 Å². The van der Waals surface area contributed by atoms with Crippen molar-refractivity contribution < 1.29 is 4.79 Å². The number of nitrogens with one attached hydrogen (secondary N) is 1. The summed E-state index contributed by atoms with van der Waals surface area (Å²) in [5.41, 5.74) is 6.78. The van der Waals surface area contributed by atoms with E-state index in [-0.39, 0.29) is 11.9 Å². The number of fused-ring (bicyclic) bond motifs is 1. The Morgan fingerprint density at radius 1 is 1.08 bits per heavy atom. The maximum atomic E-state index is 12.4. The fraction of sp³-hybridized carbons (Fsp3) is 0.435. The first-order chi connectivity index (χ1) is 12.7. The van der Waals surface area contributed by atoms with Crippen molar-refractivity contribution in [2.24, 2.45) is 0 Å². The minimum absolute atomic E-state index is 0.120. The molecule has 0 radical (unpaired) electrons. The minimum atomic E-state index is 0.120. The molecule has 0 unspecified atom stereocenters. The topological polar surface area (TPSA) is 29.1 Å². The summed E-state index contributed by atoms with van der Waals surface area (Å²) in [6.07, 6.45) is 5.90. The summed E-state index contributed by atoms with van der Waals surface area (Å²) in [7, 11) is 0. The monoisotopic (exact) mass is 367 g/mol. The second-order valence-electron chi connectivity index (χ2n) is 7.24. The van der Waals surface area contributed by atoms with E-state index in [2.05, 4.69) is 61.6 Å². The zero-order valence-corrected chi connectivity index (χ0v) is 16.7. The summed E-state index contributed by atoms with van der Waals surface area (Å²) < 4.78 is 0. The highest BCUT2D eigenvalue weighted by Gasteiger charge is 2.16. The van der Waals surface area contributed by atoms with E-state index in [1.807, 2.05) is 0 Å². The summed E-state index contributed by atoms with van der Waals surface area (Å²) in [5, 5.41) is 3.23. The lowest BCUT2D eigenvalue weighted by Crippen LogP contribution is -2.29. The summed E-state index contributed by atoms with van der Waals surface area (Å²) >= 11 is 1.68. The van der Waals surface area contributed by atoms with Gasteiger partial charge in [-0.15, -0.1) is 11.8 Å². The van der Waals surface area contributed by atoms with Crippen LogP contribution < -0.4 is 5.32 Å². The third-order valence-electron chi connectivity index (χ3n) is 5.14. The van der Waals surface area contributed by atoms with Gasteiger partial charge in [-0.05, 0) is 61.3 Å². The van der Waals surface area contributed by atoms with Gasteiger partial charge >= 0.3 is 0 Å². The third kappa shape index (κ3) is 5.14. The predicted molar refractivity (Wildman–Crippen MR) is 112 cm³/mol. The average Bonchev–Trinajstić information content (AvgIpc) is 2.67. The predicted octanol–water partition coefficient (Wildman–Crippen LogP) is 5.37. The van der Waals surface area contributed by atoms with Crippen LogP contribution in [0.1, 0.15) is 60.0 Å². The molecule has 0 saturated carbocycles. The fourth-order valence-electron chi connectivity index (χ4n) is 3.57. The van der Waals surface area contributed by atoms with Crippen LogP contribution in [0, 0.1) is 6.92 Å². The van der Waals surface area contributed by atoms with Crippen molar-refractivity contribution in [2.45, 2.75) is 57.7 Å². The Labute approximate surface area is 161 Å². The highest BCUT2D eigenvalue weighted by atomic mass is 32.2. The number of carbonyl (C=O) groups excluding carboxylic acids is 1. The molecule has 3 rings (SSSR count). The Hall–Kier alpha value is -1.74. The Morgan fingerprint density at radius 3 is 2.54 bits per heavy atom. The molecule has 1 aliphatic rings. The number of rotatable bonds is 7. The van der Waals surface area contributed by atoms with Gasteiger partial charge in [0.1, 0.15) is 0 Å². The van der Waals surface area contributed by atoms with Gasteiger partial charge in [0.25, 0.3) is 0 Å². The maximum Gasteiger partial charge on any atom is 0.230 e. The molecule has 1 amide bonds. The summed E-state index contributed by atoms with van der Waals surface area (Å²) in [6, 6.07) is 15.4. The molecule has 2 aromatic carbocycles. The van der Waals surface area contributed by atoms with Crippen LogP contribution in [0.4, 0.5) is 0 Å². The van der Waals surface area contributed by atoms with Gasteiger partial charge in [0.2, 0.25) is 5.91 Å². The minimum Gasteiger partial charge on any atom is -0.349 e. The van der Waals surface area contributed by atoms with E-state index in [1.165, 1.54) is 53.5 Å². The molecule has 138 valence electrons. The lowest BCUT2D eigenvalue weighted by atomic mass is 9.89. The second-order valence-corrected chi connectivity index (χ2v) is 8.23. The molecule has 0 heterocycles. The molecule has 0 saturated heterocycles. The molecule has 0 aromatic heterocycles. The van der Waals surface area contributed by atoms with E-state index in [9.17, 15) is 4.79 Å². The van der Waals surface area contributed by atoms with Crippen molar-refractivity contribution in [3.8, 4) is 0 Å². The first kappa shape index (κ1) is 19.0. The number of amides is 1. The number of hydrogen-bond donors (Lipinski definition) is 1. The molecule has 1 aliphatic carbocycles. The first-order valence-electron chi connectivity index (χ1n) is 9.70. The molecule has 2 aromatic rings. The molecule has 2 nitrogen and oxygen atoms in total. The standard InChI is InChI=1S/C23H29NOS/c1-3-22(21-13-12-19-6-4-5-7-20(19)14-21)24-23(25)16-26-15-18-10-8-17(2)9-11-18/h8-14,22H,3-7,15-16H2,1-2H3,(H,24,25)/t22-/m1/s1. The molecule has 0 bridgehead atoms. The van der Waals surface area contributed by atoms with Gasteiger partial charge < -0.3 is 5.32 Å². The van der Waals surface area contributed by atoms with Crippen LogP contribution in [-0.2, 0) is 23.4 Å². The first-order valence-corrected chi connectivity index (χ1v) is 10.9. The molecule has 0 aliphatic heterocycles. The van der Waals surface area contributed by atoms with Crippen molar-refractivity contribution in [3.63, 3.8) is 0 Å². The molecular weight excluding hydrogens is 338 g/mol. The van der Waals surface area contributed by atoms with E-state index in [0.717, 1.165) is 12.2 Å². The molecule has 1 atom stereocenters. The third-order valence-corrected chi connectivity index (χ3v) is 6.14. The molecule has 0 fully saturated rings. The molecular formula is C23H29NOS. The highest BCUT2D eigenvalue weighted by molar-refractivity contribution is 7.99. The number of carbonyl (C=O) groups is 1. The Bertz CT molecular complexity index is 738. The Balaban J connectivity index is 1.52. The summed E-state index contributed by atoms with van der Waals surface area (Å²) in [4.78, 5) is 12.4. The van der Waals surface area contributed by atoms with Crippen LogP contribution in [-0.4, -0.2) is 11.7 Å². The van der Waals surface area contributed by atoms with Crippen LogP contribution in [0.5, 0.6) is 0 Å². The summed E-state index contributed by atoms with van der Waals surface area (Å²) in [6.45, 7) is 4.24. The van der Waals surface area contributed by atoms with Gasteiger partial charge in [-0.25, -0.2) is 0 Å². The van der Waals surface area contributed by atoms with Crippen molar-refractivity contribution in [3.05, 3.63) is 70.3 Å². The van der Waals surface area contributed by atoms with Crippen LogP contribution in [0.25, 0.3) is 0 Å². The quantitative estimate of drug-likeness (QED) is 0.712. The Kier molecular flexibility index (Phi) is 6.79. The zero-order valence-electron chi connectivity index (χ0n) is 15.9. The summed E-state index contributed by atoms with van der Waals surface area (Å²) in [5.74, 6) is 1.52. The lowest BCUT2D eigenvalue weighted by molar-refractivity contribution is -0.119. The smallest absolute Gasteiger partial charge is 0.230 e. The number of hydrogen-bond acceptors (Lipinski definition) is 2. The van der Waals surface area contributed by atoms with Crippen LogP contribution in [0.3, 0.4) is 0 Å². The van der Waals surface area contributed by atoms with Crippen molar-refractivity contribution in [1.29, 1.82) is 0 Å². The van der Waals surface area contributed by atoms with Gasteiger partial charge in [-0.2, -0.15) is 0 Å². The number of aryl methyl sites for hydroxylation is 3. The van der Waals surface area contributed by atoms with Gasteiger partial charge in [0, 0.05) is 5.75 Å².